The van der Waals surface area contributed by atoms with E-state index < -0.39 is 5.97 Å². The molecule has 0 aromatic heterocycles. The van der Waals surface area contributed by atoms with Gasteiger partial charge in [-0.1, -0.05) is 84.0 Å². The number of hydrogen-bond acceptors (Lipinski definition) is 4. The van der Waals surface area contributed by atoms with Gasteiger partial charge in [0.05, 0.1) is 18.8 Å². The van der Waals surface area contributed by atoms with E-state index in [9.17, 15) is 9.90 Å². The Morgan fingerprint density at radius 3 is 2.19 bits per heavy atom. The van der Waals surface area contributed by atoms with Crippen molar-refractivity contribution in [2.75, 3.05) is 26.2 Å². The van der Waals surface area contributed by atoms with Gasteiger partial charge < -0.3 is 15.1 Å². The summed E-state index contributed by atoms with van der Waals surface area (Å²) in [6.07, 6.45) is 16.4. The number of unbranched alkanes of at least 4 members (excludes halogenated alkanes) is 11. The van der Waals surface area contributed by atoms with E-state index in [1.54, 1.807) is 4.58 Å². The second-order valence-corrected chi connectivity index (χ2v) is 9.25. The van der Waals surface area contributed by atoms with Crippen LogP contribution in [0.1, 0.15) is 104 Å². The van der Waals surface area contributed by atoms with Crippen molar-refractivity contribution in [2.45, 2.75) is 117 Å². The fourth-order valence-electron chi connectivity index (χ4n) is 4.08. The lowest BCUT2D eigenvalue weighted by Gasteiger charge is -2.26. The number of nitrogens with zero attached hydrogens (tertiary/aromatic N) is 2. The van der Waals surface area contributed by atoms with Crippen molar-refractivity contribution in [3.8, 4) is 12.0 Å². The molecule has 2 atom stereocenters. The predicted octanol–water partition coefficient (Wildman–Crippen LogP) is 4.21. The molecule has 0 saturated carbocycles. The molecule has 0 fully saturated rings. The molecule has 0 saturated heterocycles. The molecule has 32 heavy (non-hydrogen) atoms. The van der Waals surface area contributed by atoms with Gasteiger partial charge in [0.25, 0.3) is 0 Å². The van der Waals surface area contributed by atoms with Crippen LogP contribution in [0.25, 0.3) is 0 Å². The summed E-state index contributed by atoms with van der Waals surface area (Å²) < 4.78 is 1.80. The van der Waals surface area contributed by atoms with Crippen LogP contribution >= 0.6 is 0 Å². The number of rotatable bonds is 19. The summed E-state index contributed by atoms with van der Waals surface area (Å²) in [5.74, 6) is 2.21. The van der Waals surface area contributed by atoms with Gasteiger partial charge in [-0.05, 0) is 13.3 Å². The van der Waals surface area contributed by atoms with Crippen LogP contribution in [0.4, 0.5) is 0 Å². The average Bonchev–Trinajstić information content (AvgIpc) is 2.94. The molecule has 1 aliphatic heterocycles. The predicted molar refractivity (Wildman–Crippen MR) is 132 cm³/mol. The van der Waals surface area contributed by atoms with Crippen molar-refractivity contribution in [2.24, 2.45) is 0 Å². The lowest BCUT2D eigenvalue weighted by molar-refractivity contribution is -0.517. The van der Waals surface area contributed by atoms with Crippen molar-refractivity contribution in [3.63, 3.8) is 0 Å². The zero-order valence-corrected chi connectivity index (χ0v) is 20.9. The minimum atomic E-state index is -0.841. The Kier molecular flexibility index (Phi) is 15.9. The van der Waals surface area contributed by atoms with E-state index in [2.05, 4.69) is 24.2 Å². The number of carboxylic acid groups (broad SMARTS) is 1. The van der Waals surface area contributed by atoms with Gasteiger partial charge in [0.1, 0.15) is 0 Å². The van der Waals surface area contributed by atoms with Gasteiger partial charge in [0.15, 0.2) is 6.54 Å². The van der Waals surface area contributed by atoms with Crippen molar-refractivity contribution in [3.05, 3.63) is 0 Å². The summed E-state index contributed by atoms with van der Waals surface area (Å²) in [7, 11) is 0. The molecule has 0 amide bonds. The standard InChI is InChI=1S/C26H47N3O3/c1-4-5-6-7-8-9-10-11-12-13-14-15-16-25(30)21-27-24(3)28-18-17-23(2)29(20-19-28)22-26(31)32/h24-25,27,30H,4-16,19-22H2,1-3H3/p+1. The molecule has 0 radical (unpaired) electrons. The van der Waals surface area contributed by atoms with E-state index in [-0.39, 0.29) is 18.8 Å². The molecule has 0 spiro atoms. The highest BCUT2D eigenvalue weighted by Gasteiger charge is 2.20. The third-order valence-electron chi connectivity index (χ3n) is 6.30. The number of aliphatic hydroxyl groups excluding tert-OH is 1. The maximum atomic E-state index is 11.0. The number of hydrogen-bond donors (Lipinski definition) is 3. The highest BCUT2D eigenvalue weighted by Crippen LogP contribution is 2.13. The zero-order chi connectivity index (χ0) is 23.6. The van der Waals surface area contributed by atoms with Crippen LogP contribution in [0.5, 0.6) is 0 Å². The molecule has 1 aliphatic rings. The fourth-order valence-corrected chi connectivity index (χ4v) is 4.08. The van der Waals surface area contributed by atoms with E-state index in [0.29, 0.717) is 19.6 Å². The van der Waals surface area contributed by atoms with Crippen LogP contribution in [-0.4, -0.2) is 69.8 Å². The Morgan fingerprint density at radius 1 is 1.06 bits per heavy atom. The second kappa shape index (κ2) is 17.9. The molecular formula is C26H48N3O3+. The number of carboxylic acids is 1. The quantitative estimate of drug-likeness (QED) is 0.156. The Labute approximate surface area is 196 Å². The van der Waals surface area contributed by atoms with Gasteiger partial charge in [0.2, 0.25) is 12.3 Å². The van der Waals surface area contributed by atoms with Crippen molar-refractivity contribution < 1.29 is 19.6 Å². The Hall–Kier alpha value is -1.58. The van der Waals surface area contributed by atoms with E-state index in [0.717, 1.165) is 18.6 Å². The van der Waals surface area contributed by atoms with Gasteiger partial charge in [-0.15, -0.1) is 0 Å². The van der Waals surface area contributed by atoms with Crippen molar-refractivity contribution >= 4 is 11.7 Å². The first-order valence-electron chi connectivity index (χ1n) is 12.9. The molecule has 0 aliphatic carbocycles. The third kappa shape index (κ3) is 13.8. The third-order valence-corrected chi connectivity index (χ3v) is 6.30. The first-order chi connectivity index (χ1) is 15.4. The number of nitrogens with one attached hydrogen (secondary N) is 1. The summed E-state index contributed by atoms with van der Waals surface area (Å²) in [6.45, 7) is 7.98. The number of carbonyl (C=O) groups is 1. The summed E-state index contributed by atoms with van der Waals surface area (Å²) in [6, 6.07) is 3.12. The lowest BCUT2D eigenvalue weighted by atomic mass is 10.0. The molecule has 0 bridgehead atoms. The summed E-state index contributed by atoms with van der Waals surface area (Å²) in [4.78, 5) is 13.0. The van der Waals surface area contributed by atoms with Gasteiger partial charge in [-0.2, -0.15) is 0 Å². The van der Waals surface area contributed by atoms with Gasteiger partial charge in [-0.3, -0.25) is 5.32 Å². The van der Waals surface area contributed by atoms with Crippen LogP contribution in [-0.2, 0) is 4.79 Å². The highest BCUT2D eigenvalue weighted by molar-refractivity contribution is 5.94. The first kappa shape index (κ1) is 28.5. The molecule has 1 rings (SSSR count). The average molecular weight is 451 g/mol. The van der Waals surface area contributed by atoms with Crippen molar-refractivity contribution in [1.29, 1.82) is 0 Å². The maximum absolute atomic E-state index is 11.0. The van der Waals surface area contributed by atoms with Crippen LogP contribution in [0.15, 0.2) is 0 Å². The van der Waals surface area contributed by atoms with E-state index in [1.807, 2.05) is 18.7 Å². The zero-order valence-electron chi connectivity index (χ0n) is 20.9. The molecular weight excluding hydrogens is 402 g/mol. The topological polar surface area (TPSA) is 75.8 Å². The minimum Gasteiger partial charge on any atom is -0.477 e. The SMILES string of the molecule is CCCCCCCCCCCCCCC(O)CNC(C)N1C#CC(C)=[N+](CC(=O)O)CC1. The molecule has 3 N–H and O–H groups in total. The normalized spacial score (nSPS) is 15.8. The minimum absolute atomic E-state index is 0.0108. The summed E-state index contributed by atoms with van der Waals surface area (Å²) in [5, 5.41) is 22.7. The van der Waals surface area contributed by atoms with Crippen LogP contribution in [0.2, 0.25) is 0 Å². The molecule has 1 heterocycles. The Balaban J connectivity index is 2.06. The van der Waals surface area contributed by atoms with E-state index >= 15 is 0 Å². The highest BCUT2D eigenvalue weighted by atomic mass is 16.4. The first-order valence-corrected chi connectivity index (χ1v) is 12.9. The van der Waals surface area contributed by atoms with E-state index in [4.69, 9.17) is 5.11 Å². The van der Waals surface area contributed by atoms with Crippen LogP contribution in [0, 0.1) is 12.0 Å². The van der Waals surface area contributed by atoms with Gasteiger partial charge in [-0.25, -0.2) is 9.37 Å². The second-order valence-electron chi connectivity index (χ2n) is 9.25. The Morgan fingerprint density at radius 2 is 1.62 bits per heavy atom. The smallest absolute Gasteiger partial charge is 0.369 e. The number of aliphatic carboxylic acids is 1. The van der Waals surface area contributed by atoms with Crippen LogP contribution in [0.3, 0.4) is 0 Å². The molecule has 184 valence electrons. The van der Waals surface area contributed by atoms with E-state index in [1.165, 1.54) is 70.6 Å². The van der Waals surface area contributed by atoms with Crippen LogP contribution < -0.4 is 5.32 Å². The van der Waals surface area contributed by atoms with Crippen molar-refractivity contribution in [1.82, 2.24) is 10.2 Å². The molecule has 6 nitrogen and oxygen atoms in total. The number of aliphatic hydroxyl groups is 1. The summed E-state index contributed by atoms with van der Waals surface area (Å²) >= 11 is 0. The molecule has 0 aromatic rings. The summed E-state index contributed by atoms with van der Waals surface area (Å²) in [5.41, 5.74) is 0.786. The molecule has 6 heteroatoms. The maximum Gasteiger partial charge on any atom is 0.369 e. The lowest BCUT2D eigenvalue weighted by Crippen LogP contribution is -2.45. The van der Waals surface area contributed by atoms with Gasteiger partial charge >= 0.3 is 5.97 Å². The Bertz CT molecular complexity index is 609. The largest absolute Gasteiger partial charge is 0.477 e. The molecule has 2 unspecified atom stereocenters. The fraction of sp³-hybridized carbons (Fsp3) is 0.846. The van der Waals surface area contributed by atoms with Gasteiger partial charge in [0, 0.05) is 25.4 Å². The monoisotopic (exact) mass is 450 g/mol. The molecule has 0 aromatic carbocycles.